The van der Waals surface area contributed by atoms with E-state index in [0.717, 1.165) is 30.3 Å². The SMILES string of the molecule is Cc1ccc(OCCC2CCC2)c(C#N)c1. The molecule has 0 N–H and O–H groups in total. The molecule has 0 unspecified atom stereocenters. The second-order valence-corrected chi connectivity index (χ2v) is 4.55. The highest BCUT2D eigenvalue weighted by molar-refractivity contribution is 5.45. The van der Waals surface area contributed by atoms with E-state index in [1.165, 1.54) is 19.3 Å². The van der Waals surface area contributed by atoms with E-state index in [0.29, 0.717) is 5.56 Å². The van der Waals surface area contributed by atoms with Crippen LogP contribution in [0.1, 0.15) is 36.8 Å². The molecule has 1 aliphatic rings. The van der Waals surface area contributed by atoms with Gasteiger partial charge in [0, 0.05) is 0 Å². The zero-order valence-electron chi connectivity index (χ0n) is 9.70. The third-order valence-corrected chi connectivity index (χ3v) is 3.26. The van der Waals surface area contributed by atoms with E-state index < -0.39 is 0 Å². The fourth-order valence-corrected chi connectivity index (χ4v) is 1.97. The molecule has 0 aliphatic heterocycles. The molecule has 0 atom stereocenters. The van der Waals surface area contributed by atoms with Crippen LogP contribution in [0.15, 0.2) is 18.2 Å². The van der Waals surface area contributed by atoms with Crippen LogP contribution in [0.2, 0.25) is 0 Å². The number of aryl methyl sites for hydroxylation is 1. The first-order valence-electron chi connectivity index (χ1n) is 5.93. The lowest BCUT2D eigenvalue weighted by molar-refractivity contribution is 0.221. The molecular formula is C14H17NO. The Morgan fingerprint density at radius 2 is 2.25 bits per heavy atom. The molecule has 2 rings (SSSR count). The lowest BCUT2D eigenvalue weighted by Crippen LogP contribution is -2.14. The molecule has 0 radical (unpaired) electrons. The molecular weight excluding hydrogens is 198 g/mol. The first kappa shape index (κ1) is 11.0. The van der Waals surface area contributed by atoms with Gasteiger partial charge in [-0.1, -0.05) is 25.3 Å². The number of rotatable bonds is 4. The number of hydrogen-bond donors (Lipinski definition) is 0. The summed E-state index contributed by atoms with van der Waals surface area (Å²) >= 11 is 0. The van der Waals surface area contributed by atoms with Crippen LogP contribution in [0, 0.1) is 24.2 Å². The van der Waals surface area contributed by atoms with Crippen molar-refractivity contribution in [2.45, 2.75) is 32.6 Å². The van der Waals surface area contributed by atoms with E-state index in [-0.39, 0.29) is 0 Å². The first-order chi connectivity index (χ1) is 7.79. The van der Waals surface area contributed by atoms with E-state index in [1.54, 1.807) is 0 Å². The number of ether oxygens (including phenoxy) is 1. The molecule has 0 amide bonds. The average molecular weight is 215 g/mol. The van der Waals surface area contributed by atoms with E-state index in [4.69, 9.17) is 10.00 Å². The van der Waals surface area contributed by atoms with Crippen LogP contribution in [-0.4, -0.2) is 6.61 Å². The molecule has 0 spiro atoms. The maximum atomic E-state index is 8.98. The van der Waals surface area contributed by atoms with Crippen LogP contribution in [0.25, 0.3) is 0 Å². The molecule has 0 heterocycles. The Labute approximate surface area is 96.9 Å². The molecule has 1 saturated carbocycles. The molecule has 16 heavy (non-hydrogen) atoms. The zero-order valence-corrected chi connectivity index (χ0v) is 9.70. The fourth-order valence-electron chi connectivity index (χ4n) is 1.97. The summed E-state index contributed by atoms with van der Waals surface area (Å²) in [6, 6.07) is 7.93. The molecule has 1 fully saturated rings. The second-order valence-electron chi connectivity index (χ2n) is 4.55. The minimum absolute atomic E-state index is 0.647. The van der Waals surface area contributed by atoms with Crippen molar-refractivity contribution in [3.8, 4) is 11.8 Å². The van der Waals surface area contributed by atoms with Crippen molar-refractivity contribution >= 4 is 0 Å². The largest absolute Gasteiger partial charge is 0.492 e. The van der Waals surface area contributed by atoms with Gasteiger partial charge in [0.2, 0.25) is 0 Å². The van der Waals surface area contributed by atoms with E-state index in [2.05, 4.69) is 6.07 Å². The fraction of sp³-hybridized carbons (Fsp3) is 0.500. The minimum Gasteiger partial charge on any atom is -0.492 e. The van der Waals surface area contributed by atoms with Gasteiger partial charge in [0.1, 0.15) is 11.8 Å². The van der Waals surface area contributed by atoms with Gasteiger partial charge in [-0.3, -0.25) is 0 Å². The Bertz CT molecular complexity index is 402. The summed E-state index contributed by atoms with van der Waals surface area (Å²) in [5.41, 5.74) is 1.75. The van der Waals surface area contributed by atoms with Gasteiger partial charge in [0.25, 0.3) is 0 Å². The second kappa shape index (κ2) is 5.03. The molecule has 1 aromatic carbocycles. The van der Waals surface area contributed by atoms with Gasteiger partial charge < -0.3 is 4.74 Å². The van der Waals surface area contributed by atoms with Crippen LogP contribution in [0.5, 0.6) is 5.75 Å². The Morgan fingerprint density at radius 1 is 1.44 bits per heavy atom. The lowest BCUT2D eigenvalue weighted by Gasteiger charge is -2.25. The standard InChI is InChI=1S/C14H17NO/c1-11-5-6-14(13(9-11)10-15)16-8-7-12-3-2-4-12/h5-6,9,12H,2-4,7-8H2,1H3. The van der Waals surface area contributed by atoms with Crippen molar-refractivity contribution in [1.29, 1.82) is 5.26 Å². The molecule has 2 heteroatoms. The van der Waals surface area contributed by atoms with Gasteiger partial charge in [-0.15, -0.1) is 0 Å². The zero-order chi connectivity index (χ0) is 11.4. The van der Waals surface area contributed by atoms with Crippen LogP contribution >= 0.6 is 0 Å². The van der Waals surface area contributed by atoms with Crippen molar-refractivity contribution in [3.63, 3.8) is 0 Å². The summed E-state index contributed by atoms with van der Waals surface area (Å²) in [6.07, 6.45) is 5.20. The summed E-state index contributed by atoms with van der Waals surface area (Å²) in [6.45, 7) is 2.72. The van der Waals surface area contributed by atoms with Gasteiger partial charge in [-0.25, -0.2) is 0 Å². The highest BCUT2D eigenvalue weighted by atomic mass is 16.5. The van der Waals surface area contributed by atoms with Gasteiger partial charge in [0.05, 0.1) is 12.2 Å². The normalized spacial score (nSPS) is 15.2. The third kappa shape index (κ3) is 2.55. The van der Waals surface area contributed by atoms with E-state index >= 15 is 0 Å². The number of nitriles is 1. The van der Waals surface area contributed by atoms with Gasteiger partial charge >= 0.3 is 0 Å². The van der Waals surface area contributed by atoms with Crippen LogP contribution in [-0.2, 0) is 0 Å². The average Bonchev–Trinajstić information content (AvgIpc) is 2.23. The van der Waals surface area contributed by atoms with Crippen LogP contribution in [0.3, 0.4) is 0 Å². The maximum absolute atomic E-state index is 8.98. The highest BCUT2D eigenvalue weighted by Crippen LogP contribution is 2.29. The Morgan fingerprint density at radius 3 is 2.88 bits per heavy atom. The van der Waals surface area contributed by atoms with Crippen molar-refractivity contribution in [2.75, 3.05) is 6.61 Å². The molecule has 0 saturated heterocycles. The predicted molar refractivity (Wildman–Crippen MR) is 63.3 cm³/mol. The molecule has 2 nitrogen and oxygen atoms in total. The Kier molecular flexibility index (Phi) is 3.46. The minimum atomic E-state index is 0.647. The lowest BCUT2D eigenvalue weighted by atomic mass is 9.83. The Hall–Kier alpha value is -1.49. The van der Waals surface area contributed by atoms with Gasteiger partial charge in [-0.2, -0.15) is 5.26 Å². The summed E-state index contributed by atoms with van der Waals surface area (Å²) < 4.78 is 5.67. The monoisotopic (exact) mass is 215 g/mol. The van der Waals surface area contributed by atoms with E-state index in [9.17, 15) is 0 Å². The van der Waals surface area contributed by atoms with Crippen LogP contribution < -0.4 is 4.74 Å². The maximum Gasteiger partial charge on any atom is 0.137 e. The van der Waals surface area contributed by atoms with Crippen molar-refractivity contribution < 1.29 is 4.74 Å². The van der Waals surface area contributed by atoms with Crippen LogP contribution in [0.4, 0.5) is 0 Å². The summed E-state index contributed by atoms with van der Waals surface area (Å²) in [4.78, 5) is 0. The summed E-state index contributed by atoms with van der Waals surface area (Å²) in [5, 5.41) is 8.98. The molecule has 0 aromatic heterocycles. The van der Waals surface area contributed by atoms with Gasteiger partial charge in [-0.05, 0) is 37.0 Å². The number of nitrogens with zero attached hydrogens (tertiary/aromatic N) is 1. The number of benzene rings is 1. The van der Waals surface area contributed by atoms with Crippen molar-refractivity contribution in [3.05, 3.63) is 29.3 Å². The predicted octanol–water partition coefficient (Wildman–Crippen LogP) is 3.44. The smallest absolute Gasteiger partial charge is 0.137 e. The Balaban J connectivity index is 1.90. The highest BCUT2D eigenvalue weighted by Gasteiger charge is 2.17. The summed E-state index contributed by atoms with van der Waals surface area (Å²) in [7, 11) is 0. The van der Waals surface area contributed by atoms with Crippen molar-refractivity contribution in [2.24, 2.45) is 5.92 Å². The van der Waals surface area contributed by atoms with E-state index in [1.807, 2.05) is 25.1 Å². The topological polar surface area (TPSA) is 33.0 Å². The number of hydrogen-bond acceptors (Lipinski definition) is 2. The third-order valence-electron chi connectivity index (χ3n) is 3.26. The van der Waals surface area contributed by atoms with Gasteiger partial charge in [0.15, 0.2) is 0 Å². The molecule has 0 bridgehead atoms. The molecule has 1 aliphatic carbocycles. The summed E-state index contributed by atoms with van der Waals surface area (Å²) in [5.74, 6) is 1.59. The van der Waals surface area contributed by atoms with Crippen molar-refractivity contribution in [1.82, 2.24) is 0 Å². The molecule has 1 aromatic rings. The quantitative estimate of drug-likeness (QED) is 0.770. The molecule has 84 valence electrons. The first-order valence-corrected chi connectivity index (χ1v) is 5.93.